The Morgan fingerprint density at radius 2 is 1.73 bits per heavy atom. The van der Waals surface area contributed by atoms with Crippen molar-refractivity contribution in [1.29, 1.82) is 0 Å². The predicted molar refractivity (Wildman–Crippen MR) is 118 cm³/mol. The quantitative estimate of drug-likeness (QED) is 0.353. The summed E-state index contributed by atoms with van der Waals surface area (Å²) in [6, 6.07) is 21.8. The topological polar surface area (TPSA) is 79.8 Å². The van der Waals surface area contributed by atoms with Gasteiger partial charge in [0.25, 0.3) is 0 Å². The van der Waals surface area contributed by atoms with Gasteiger partial charge in [0.2, 0.25) is 0 Å². The highest BCUT2D eigenvalue weighted by Crippen LogP contribution is 2.15. The Labute approximate surface area is 179 Å². The third kappa shape index (κ3) is 6.46. The highest BCUT2D eigenvalue weighted by molar-refractivity contribution is 6.39. The number of nitrogens with one attached hydrogen (secondary N) is 2. The van der Waals surface area contributed by atoms with Crippen LogP contribution in [0.1, 0.15) is 16.7 Å². The molecule has 0 atom stereocenters. The van der Waals surface area contributed by atoms with Gasteiger partial charge in [-0.05, 0) is 72.1 Å². The smallest absolute Gasteiger partial charge is 0.329 e. The lowest BCUT2D eigenvalue weighted by Gasteiger charge is -2.06. The van der Waals surface area contributed by atoms with Crippen LogP contribution < -0.4 is 15.5 Å². The first-order valence-corrected chi connectivity index (χ1v) is 9.56. The van der Waals surface area contributed by atoms with E-state index in [1.807, 2.05) is 37.3 Å². The lowest BCUT2D eigenvalue weighted by Crippen LogP contribution is -2.32. The van der Waals surface area contributed by atoms with Gasteiger partial charge < -0.3 is 10.1 Å². The lowest BCUT2D eigenvalue weighted by atomic mass is 10.2. The van der Waals surface area contributed by atoms with Crippen molar-refractivity contribution in [3.8, 4) is 5.75 Å². The average Bonchev–Trinajstić information content (AvgIpc) is 2.74. The zero-order chi connectivity index (χ0) is 21.3. The predicted octanol–water partition coefficient (Wildman–Crippen LogP) is 4.32. The van der Waals surface area contributed by atoms with Gasteiger partial charge in [-0.25, -0.2) is 5.43 Å². The number of hydrogen-bond acceptors (Lipinski definition) is 4. The van der Waals surface area contributed by atoms with E-state index in [0.29, 0.717) is 23.1 Å². The number of benzene rings is 3. The summed E-state index contributed by atoms with van der Waals surface area (Å²) in [5.74, 6) is -0.942. The molecule has 0 aromatic heterocycles. The number of carbonyl (C=O) groups excluding carboxylic acids is 2. The fraction of sp³-hybridized carbons (Fsp3) is 0.0870. The second kappa shape index (κ2) is 10.2. The minimum Gasteiger partial charge on any atom is -0.489 e. The third-order valence-corrected chi connectivity index (χ3v) is 4.31. The molecule has 0 unspecified atom stereocenters. The molecule has 0 spiro atoms. The van der Waals surface area contributed by atoms with E-state index >= 15 is 0 Å². The van der Waals surface area contributed by atoms with Crippen LogP contribution in [0.2, 0.25) is 5.02 Å². The number of halogens is 1. The number of nitrogens with zero attached hydrogens (tertiary/aromatic N) is 1. The molecule has 0 heterocycles. The van der Waals surface area contributed by atoms with Crippen LogP contribution in [-0.2, 0) is 16.2 Å². The number of rotatable bonds is 6. The number of hydrogen-bond donors (Lipinski definition) is 2. The van der Waals surface area contributed by atoms with Crippen molar-refractivity contribution in [3.05, 3.63) is 94.5 Å². The molecule has 6 nitrogen and oxygen atoms in total. The van der Waals surface area contributed by atoms with Gasteiger partial charge in [-0.3, -0.25) is 9.59 Å². The normalized spacial score (nSPS) is 10.6. The summed E-state index contributed by atoms with van der Waals surface area (Å²) in [5.41, 5.74) is 5.49. The molecule has 0 saturated carbocycles. The molecule has 30 heavy (non-hydrogen) atoms. The summed E-state index contributed by atoms with van der Waals surface area (Å²) in [6.45, 7) is 2.32. The molecular weight excluding hydrogens is 402 g/mol. The minimum absolute atomic E-state index is 0.427. The second-order valence-corrected chi connectivity index (χ2v) is 6.94. The molecule has 0 radical (unpaired) electrons. The second-order valence-electron chi connectivity index (χ2n) is 6.51. The molecule has 3 aromatic carbocycles. The Morgan fingerprint density at radius 3 is 2.43 bits per heavy atom. The van der Waals surface area contributed by atoms with Crippen LogP contribution in [-0.4, -0.2) is 18.0 Å². The highest BCUT2D eigenvalue weighted by atomic mass is 35.5. The van der Waals surface area contributed by atoms with Crippen LogP contribution in [0, 0.1) is 6.92 Å². The van der Waals surface area contributed by atoms with Gasteiger partial charge in [0.15, 0.2) is 0 Å². The highest BCUT2D eigenvalue weighted by Gasteiger charge is 2.12. The van der Waals surface area contributed by atoms with Crippen molar-refractivity contribution < 1.29 is 14.3 Å². The maximum Gasteiger partial charge on any atom is 0.329 e. The Balaban J connectivity index is 1.46. The number of amides is 2. The lowest BCUT2D eigenvalue weighted by molar-refractivity contribution is -0.136. The van der Waals surface area contributed by atoms with E-state index in [1.54, 1.807) is 42.5 Å². The van der Waals surface area contributed by atoms with Crippen LogP contribution in [0.25, 0.3) is 0 Å². The van der Waals surface area contributed by atoms with E-state index in [1.165, 1.54) is 6.21 Å². The van der Waals surface area contributed by atoms with E-state index in [4.69, 9.17) is 16.3 Å². The maximum atomic E-state index is 11.9. The van der Waals surface area contributed by atoms with Crippen molar-refractivity contribution in [3.63, 3.8) is 0 Å². The molecule has 2 amide bonds. The minimum atomic E-state index is -0.851. The number of aryl methyl sites for hydroxylation is 1. The molecule has 152 valence electrons. The van der Waals surface area contributed by atoms with Gasteiger partial charge in [0.05, 0.1) is 6.21 Å². The molecule has 0 fully saturated rings. The van der Waals surface area contributed by atoms with Crippen LogP contribution in [0.5, 0.6) is 5.75 Å². The van der Waals surface area contributed by atoms with Crippen LogP contribution >= 0.6 is 11.6 Å². The summed E-state index contributed by atoms with van der Waals surface area (Å²) < 4.78 is 5.72. The molecule has 0 bridgehead atoms. The number of carbonyl (C=O) groups is 2. The van der Waals surface area contributed by atoms with Crippen molar-refractivity contribution in [2.24, 2.45) is 5.10 Å². The van der Waals surface area contributed by atoms with Gasteiger partial charge in [-0.2, -0.15) is 5.10 Å². The molecule has 0 saturated heterocycles. The van der Waals surface area contributed by atoms with Gasteiger partial charge in [-0.15, -0.1) is 0 Å². The Kier molecular flexibility index (Phi) is 7.19. The van der Waals surface area contributed by atoms with Gasteiger partial charge in [0, 0.05) is 10.7 Å². The fourth-order valence-electron chi connectivity index (χ4n) is 2.52. The van der Waals surface area contributed by atoms with Gasteiger partial charge in [-0.1, -0.05) is 35.9 Å². The van der Waals surface area contributed by atoms with E-state index in [9.17, 15) is 9.59 Å². The van der Waals surface area contributed by atoms with E-state index in [0.717, 1.165) is 16.7 Å². The standard InChI is InChI=1S/C23H20ClN3O3/c1-16-3-2-4-20(13-16)26-22(28)23(29)27-25-14-17-7-11-21(12-8-17)30-15-18-5-9-19(24)10-6-18/h2-14H,15H2,1H3,(H,26,28)(H,27,29)/b25-14+. The van der Waals surface area contributed by atoms with Crippen molar-refractivity contribution >= 4 is 35.3 Å². The van der Waals surface area contributed by atoms with Crippen LogP contribution in [0.15, 0.2) is 77.9 Å². The summed E-state index contributed by atoms with van der Waals surface area (Å²) >= 11 is 5.87. The maximum absolute atomic E-state index is 11.9. The van der Waals surface area contributed by atoms with E-state index < -0.39 is 11.8 Å². The van der Waals surface area contributed by atoms with Crippen LogP contribution in [0.4, 0.5) is 5.69 Å². The van der Waals surface area contributed by atoms with Crippen molar-refractivity contribution in [2.45, 2.75) is 13.5 Å². The van der Waals surface area contributed by atoms with E-state index in [-0.39, 0.29) is 0 Å². The van der Waals surface area contributed by atoms with Gasteiger partial charge in [0.1, 0.15) is 12.4 Å². The molecule has 3 rings (SSSR count). The monoisotopic (exact) mass is 421 g/mol. The van der Waals surface area contributed by atoms with Gasteiger partial charge >= 0.3 is 11.8 Å². The third-order valence-electron chi connectivity index (χ3n) is 4.06. The molecule has 0 aliphatic heterocycles. The summed E-state index contributed by atoms with van der Waals surface area (Å²) in [6.07, 6.45) is 1.45. The summed E-state index contributed by atoms with van der Waals surface area (Å²) in [4.78, 5) is 23.7. The van der Waals surface area contributed by atoms with E-state index in [2.05, 4.69) is 15.8 Å². The zero-order valence-corrected chi connectivity index (χ0v) is 17.0. The number of anilines is 1. The number of hydrazone groups is 1. The molecular formula is C23H20ClN3O3. The molecule has 0 aliphatic rings. The summed E-state index contributed by atoms with van der Waals surface area (Å²) in [7, 11) is 0. The van der Waals surface area contributed by atoms with Crippen LogP contribution in [0.3, 0.4) is 0 Å². The first-order chi connectivity index (χ1) is 14.5. The first kappa shape index (κ1) is 21.1. The van der Waals surface area contributed by atoms with Crippen molar-refractivity contribution in [1.82, 2.24) is 5.43 Å². The summed E-state index contributed by atoms with van der Waals surface area (Å²) in [5, 5.41) is 7.02. The molecule has 3 aromatic rings. The Hall–Kier alpha value is -3.64. The Morgan fingerprint density at radius 1 is 1.00 bits per heavy atom. The first-order valence-electron chi connectivity index (χ1n) is 9.18. The fourth-order valence-corrected chi connectivity index (χ4v) is 2.65. The van der Waals surface area contributed by atoms with Crippen molar-refractivity contribution in [2.75, 3.05) is 5.32 Å². The molecule has 0 aliphatic carbocycles. The Bertz CT molecular complexity index is 1050. The molecule has 2 N–H and O–H groups in total. The number of ether oxygens (including phenoxy) is 1. The zero-order valence-electron chi connectivity index (χ0n) is 16.3. The average molecular weight is 422 g/mol. The largest absolute Gasteiger partial charge is 0.489 e. The SMILES string of the molecule is Cc1cccc(NC(=O)C(=O)N/N=C/c2ccc(OCc3ccc(Cl)cc3)cc2)c1. The molecule has 7 heteroatoms.